The molecule has 1 heterocycles. The summed E-state index contributed by atoms with van der Waals surface area (Å²) in [4.78, 5) is 23.0. The van der Waals surface area contributed by atoms with Crippen molar-refractivity contribution in [3.05, 3.63) is 0 Å². The summed E-state index contributed by atoms with van der Waals surface area (Å²) in [5.41, 5.74) is -1.24. The van der Waals surface area contributed by atoms with Gasteiger partial charge in [0.15, 0.2) is 0 Å². The molecule has 80 valence electrons. The zero-order chi connectivity index (χ0) is 10.8. The molecule has 5 heteroatoms. The largest absolute Gasteiger partial charge is 0.481 e. The normalized spacial score (nSPS) is 27.4. The van der Waals surface area contributed by atoms with Crippen LogP contribution < -0.4 is 0 Å². The lowest BCUT2D eigenvalue weighted by molar-refractivity contribution is -0.149. The number of piperidine rings is 1. The van der Waals surface area contributed by atoms with Crippen molar-refractivity contribution < 1.29 is 19.8 Å². The van der Waals surface area contributed by atoms with Crippen molar-refractivity contribution in [3.8, 4) is 0 Å². The van der Waals surface area contributed by atoms with E-state index in [1.165, 1.54) is 11.8 Å². The quantitative estimate of drug-likeness (QED) is 0.650. The predicted molar refractivity (Wildman–Crippen MR) is 48.7 cm³/mol. The van der Waals surface area contributed by atoms with E-state index >= 15 is 0 Å². The zero-order valence-electron chi connectivity index (χ0n) is 8.19. The van der Waals surface area contributed by atoms with Gasteiger partial charge in [-0.1, -0.05) is 0 Å². The van der Waals surface area contributed by atoms with Crippen molar-refractivity contribution in [3.63, 3.8) is 0 Å². The van der Waals surface area contributed by atoms with Crippen molar-refractivity contribution in [2.45, 2.75) is 31.8 Å². The minimum atomic E-state index is -1.24. The molecule has 1 rings (SSSR count). The van der Waals surface area contributed by atoms with E-state index in [4.69, 9.17) is 5.11 Å². The van der Waals surface area contributed by atoms with Gasteiger partial charge in [0.05, 0.1) is 12.0 Å². The van der Waals surface area contributed by atoms with E-state index in [2.05, 4.69) is 0 Å². The van der Waals surface area contributed by atoms with E-state index in [9.17, 15) is 14.7 Å². The van der Waals surface area contributed by atoms with Gasteiger partial charge >= 0.3 is 5.97 Å². The molecule has 0 saturated carbocycles. The van der Waals surface area contributed by atoms with Crippen molar-refractivity contribution in [1.82, 2.24) is 4.90 Å². The number of carbonyl (C=O) groups is 2. The number of nitrogens with zero attached hydrogens (tertiary/aromatic N) is 1. The minimum absolute atomic E-state index is 0.117. The van der Waals surface area contributed by atoms with Gasteiger partial charge in [-0.15, -0.1) is 0 Å². The third kappa shape index (κ3) is 2.70. The maximum Gasteiger partial charge on any atom is 0.306 e. The molecule has 0 aromatic heterocycles. The molecule has 0 aliphatic carbocycles. The molecule has 0 spiro atoms. The summed E-state index contributed by atoms with van der Waals surface area (Å²) in [6.07, 6.45) is 0.809. The van der Waals surface area contributed by atoms with Gasteiger partial charge in [-0.2, -0.15) is 0 Å². The maximum absolute atomic E-state index is 11.0. The Hall–Kier alpha value is -1.10. The fraction of sp³-hybridized carbons (Fsp3) is 0.778. The topological polar surface area (TPSA) is 77.8 Å². The van der Waals surface area contributed by atoms with Crippen LogP contribution in [0.15, 0.2) is 0 Å². The smallest absolute Gasteiger partial charge is 0.306 e. The molecule has 2 N–H and O–H groups in total. The third-order valence-corrected chi connectivity index (χ3v) is 2.48. The van der Waals surface area contributed by atoms with E-state index < -0.39 is 11.6 Å². The molecule has 1 saturated heterocycles. The molecule has 14 heavy (non-hydrogen) atoms. The Balaban J connectivity index is 2.62. The standard InChI is InChI=1S/C9H15NO4/c1-7(11)10-4-2-3-9(14,6-10)5-8(12)13/h14H,2-6H2,1H3,(H,12,13). The minimum Gasteiger partial charge on any atom is -0.481 e. The van der Waals surface area contributed by atoms with Crippen molar-refractivity contribution in [1.29, 1.82) is 0 Å². The van der Waals surface area contributed by atoms with Crippen LogP contribution in [0.2, 0.25) is 0 Å². The molecule has 1 aliphatic rings. The molecule has 0 bridgehead atoms. The average Bonchev–Trinajstić information content (AvgIpc) is 2.01. The number of hydrogen-bond acceptors (Lipinski definition) is 3. The number of rotatable bonds is 2. The molecule has 1 aliphatic heterocycles. The van der Waals surface area contributed by atoms with Gasteiger partial charge in [0, 0.05) is 20.0 Å². The van der Waals surface area contributed by atoms with Gasteiger partial charge in [-0.25, -0.2) is 0 Å². The van der Waals surface area contributed by atoms with Crippen molar-refractivity contribution >= 4 is 11.9 Å². The predicted octanol–water partition coefficient (Wildman–Crippen LogP) is -0.166. The first-order chi connectivity index (χ1) is 6.43. The molecule has 1 fully saturated rings. The molecule has 0 aromatic rings. The number of carbonyl (C=O) groups excluding carboxylic acids is 1. The van der Waals surface area contributed by atoms with Crippen LogP contribution in [0.5, 0.6) is 0 Å². The van der Waals surface area contributed by atoms with Crippen LogP contribution in [-0.2, 0) is 9.59 Å². The number of carboxylic acids is 1. The van der Waals surface area contributed by atoms with Gasteiger partial charge in [-0.3, -0.25) is 9.59 Å². The Bertz CT molecular complexity index is 253. The van der Waals surface area contributed by atoms with E-state index in [0.717, 1.165) is 0 Å². The molecule has 1 atom stereocenters. The molecular weight excluding hydrogens is 186 g/mol. The van der Waals surface area contributed by atoms with Gasteiger partial charge in [0.1, 0.15) is 0 Å². The second-order valence-electron chi connectivity index (χ2n) is 3.84. The number of amides is 1. The first-order valence-corrected chi connectivity index (χ1v) is 4.63. The second-order valence-corrected chi connectivity index (χ2v) is 3.84. The first kappa shape index (κ1) is 11.0. The summed E-state index contributed by atoms with van der Waals surface area (Å²) in [6.45, 7) is 2.17. The summed E-state index contributed by atoms with van der Waals surface area (Å²) in [7, 11) is 0. The van der Waals surface area contributed by atoms with Crippen LogP contribution in [0.25, 0.3) is 0 Å². The highest BCUT2D eigenvalue weighted by atomic mass is 16.4. The Morgan fingerprint density at radius 3 is 2.64 bits per heavy atom. The fourth-order valence-electron chi connectivity index (χ4n) is 1.81. The lowest BCUT2D eigenvalue weighted by Gasteiger charge is -2.37. The average molecular weight is 201 g/mol. The van der Waals surface area contributed by atoms with Gasteiger partial charge in [-0.05, 0) is 12.8 Å². The molecule has 5 nitrogen and oxygen atoms in total. The highest BCUT2D eigenvalue weighted by Gasteiger charge is 2.36. The second kappa shape index (κ2) is 3.96. The monoisotopic (exact) mass is 201 g/mol. The number of hydrogen-bond donors (Lipinski definition) is 2. The summed E-state index contributed by atoms with van der Waals surface area (Å²) in [5.74, 6) is -1.15. The zero-order valence-corrected chi connectivity index (χ0v) is 8.19. The first-order valence-electron chi connectivity index (χ1n) is 4.63. The number of β-amino-alcohol motifs (C(OH)–C–C–N with tert-alkyl or cyclic N) is 1. The molecule has 1 amide bonds. The van der Waals surface area contributed by atoms with E-state index in [-0.39, 0.29) is 18.9 Å². The van der Waals surface area contributed by atoms with E-state index in [1.54, 1.807) is 0 Å². The van der Waals surface area contributed by atoms with E-state index in [1.807, 2.05) is 0 Å². The lowest BCUT2D eigenvalue weighted by atomic mass is 9.89. The molecule has 1 unspecified atom stereocenters. The molecule has 0 radical (unpaired) electrons. The molecule has 0 aromatic carbocycles. The van der Waals surface area contributed by atoms with Crippen LogP contribution in [0.1, 0.15) is 26.2 Å². The number of likely N-dealkylation sites (tertiary alicyclic amines) is 1. The van der Waals surface area contributed by atoms with Crippen molar-refractivity contribution in [2.75, 3.05) is 13.1 Å². The maximum atomic E-state index is 11.0. The fourth-order valence-corrected chi connectivity index (χ4v) is 1.81. The van der Waals surface area contributed by atoms with Crippen LogP contribution in [0.4, 0.5) is 0 Å². The van der Waals surface area contributed by atoms with Gasteiger partial charge < -0.3 is 15.1 Å². The van der Waals surface area contributed by atoms with Gasteiger partial charge in [0.25, 0.3) is 0 Å². The van der Waals surface area contributed by atoms with Crippen LogP contribution in [0, 0.1) is 0 Å². The van der Waals surface area contributed by atoms with E-state index in [0.29, 0.717) is 19.4 Å². The Kier molecular flexibility index (Phi) is 3.10. The Labute approximate surface area is 82.3 Å². The number of carboxylic acid groups (broad SMARTS) is 1. The third-order valence-electron chi connectivity index (χ3n) is 2.48. The lowest BCUT2D eigenvalue weighted by Crippen LogP contribution is -2.50. The van der Waals surface area contributed by atoms with Crippen LogP contribution in [0.3, 0.4) is 0 Å². The van der Waals surface area contributed by atoms with Crippen molar-refractivity contribution in [2.24, 2.45) is 0 Å². The van der Waals surface area contributed by atoms with Crippen LogP contribution >= 0.6 is 0 Å². The highest BCUT2D eigenvalue weighted by Crippen LogP contribution is 2.24. The summed E-state index contributed by atoms with van der Waals surface area (Å²) < 4.78 is 0. The summed E-state index contributed by atoms with van der Waals surface area (Å²) in [6, 6.07) is 0. The number of aliphatic hydroxyl groups is 1. The Morgan fingerprint density at radius 1 is 1.50 bits per heavy atom. The SMILES string of the molecule is CC(=O)N1CCCC(O)(CC(=O)O)C1. The van der Waals surface area contributed by atoms with Crippen LogP contribution in [-0.4, -0.2) is 45.7 Å². The summed E-state index contributed by atoms with van der Waals surface area (Å²) >= 11 is 0. The van der Waals surface area contributed by atoms with Gasteiger partial charge in [0.2, 0.25) is 5.91 Å². The summed E-state index contributed by atoms with van der Waals surface area (Å²) in [5, 5.41) is 18.5. The Morgan fingerprint density at radius 2 is 2.14 bits per heavy atom. The molecular formula is C9H15NO4. The number of aliphatic carboxylic acids is 1. The highest BCUT2D eigenvalue weighted by molar-refractivity contribution is 5.74.